The van der Waals surface area contributed by atoms with Gasteiger partial charge in [-0.3, -0.25) is 4.98 Å². The van der Waals surface area contributed by atoms with E-state index in [1.54, 1.807) is 12.1 Å². The number of aromatic nitrogens is 2. The van der Waals surface area contributed by atoms with Gasteiger partial charge in [-0.2, -0.15) is 0 Å². The number of nitrogens with two attached hydrogens (primary N) is 1. The van der Waals surface area contributed by atoms with Gasteiger partial charge in [-0.05, 0) is 25.1 Å². The molecule has 19 heavy (non-hydrogen) atoms. The fourth-order valence-electron chi connectivity index (χ4n) is 2.03. The van der Waals surface area contributed by atoms with Gasteiger partial charge in [0.25, 0.3) is 0 Å². The van der Waals surface area contributed by atoms with Crippen molar-refractivity contribution in [3.8, 4) is 11.3 Å². The molecule has 3 nitrogen and oxygen atoms in total. The molecule has 0 aliphatic heterocycles. The number of hydrogen-bond donors (Lipinski definition) is 1. The molecule has 3 aromatic rings. The van der Waals surface area contributed by atoms with Crippen molar-refractivity contribution in [2.75, 3.05) is 5.73 Å². The van der Waals surface area contributed by atoms with Crippen LogP contribution in [-0.4, -0.2) is 9.97 Å². The number of pyridine rings is 1. The molecule has 0 aliphatic carbocycles. The summed E-state index contributed by atoms with van der Waals surface area (Å²) in [4.78, 5) is 8.78. The van der Waals surface area contributed by atoms with Crippen LogP contribution in [0.5, 0.6) is 0 Å². The van der Waals surface area contributed by atoms with Gasteiger partial charge < -0.3 is 5.73 Å². The van der Waals surface area contributed by atoms with Crippen molar-refractivity contribution >= 4 is 50.6 Å². The molecule has 0 saturated heterocycles. The Hall–Kier alpha value is -1.36. The van der Waals surface area contributed by atoms with Gasteiger partial charge in [0.15, 0.2) is 5.13 Å². The Labute approximate surface area is 124 Å². The van der Waals surface area contributed by atoms with Crippen LogP contribution in [0.1, 0.15) is 5.69 Å². The topological polar surface area (TPSA) is 51.8 Å². The molecule has 2 heterocycles. The van der Waals surface area contributed by atoms with Crippen LogP contribution in [0.15, 0.2) is 23.6 Å². The Morgan fingerprint density at radius 2 is 1.95 bits per heavy atom. The maximum Gasteiger partial charge on any atom is 0.180 e. The van der Waals surface area contributed by atoms with Crippen molar-refractivity contribution < 1.29 is 0 Å². The highest BCUT2D eigenvalue weighted by molar-refractivity contribution is 7.13. The minimum atomic E-state index is 0.530. The third-order valence-corrected chi connectivity index (χ3v) is 3.94. The first-order valence-corrected chi connectivity index (χ1v) is 7.16. The molecular formula is C13H9Cl2N3S. The fourth-order valence-corrected chi connectivity index (χ4v) is 3.18. The first kappa shape index (κ1) is 12.7. The van der Waals surface area contributed by atoms with Crippen molar-refractivity contribution in [3.05, 3.63) is 39.3 Å². The fraction of sp³-hybridized carbons (Fsp3) is 0.0769. The molecule has 0 fully saturated rings. The highest BCUT2D eigenvalue weighted by Gasteiger charge is 2.13. The minimum absolute atomic E-state index is 0.530. The van der Waals surface area contributed by atoms with Crippen LogP contribution < -0.4 is 5.73 Å². The summed E-state index contributed by atoms with van der Waals surface area (Å²) in [5, 5.41) is 4.43. The second kappa shape index (κ2) is 4.63. The van der Waals surface area contributed by atoms with Gasteiger partial charge in [0, 0.05) is 27.0 Å². The Morgan fingerprint density at radius 3 is 2.63 bits per heavy atom. The number of nitrogen functional groups attached to an aromatic ring is 1. The van der Waals surface area contributed by atoms with E-state index in [-0.39, 0.29) is 0 Å². The van der Waals surface area contributed by atoms with Crippen LogP contribution in [0.25, 0.3) is 22.2 Å². The van der Waals surface area contributed by atoms with Crippen molar-refractivity contribution in [2.45, 2.75) is 6.92 Å². The van der Waals surface area contributed by atoms with E-state index < -0.39 is 0 Å². The first-order valence-electron chi connectivity index (χ1n) is 5.52. The highest BCUT2D eigenvalue weighted by Crippen LogP contribution is 2.36. The number of rotatable bonds is 1. The maximum absolute atomic E-state index is 6.30. The number of aryl methyl sites for hydroxylation is 1. The zero-order chi connectivity index (χ0) is 13.6. The lowest BCUT2D eigenvalue weighted by molar-refractivity contribution is 1.25. The number of hydrogen-bond acceptors (Lipinski definition) is 4. The molecular weight excluding hydrogens is 301 g/mol. The molecule has 2 N–H and O–H groups in total. The molecule has 0 bridgehead atoms. The SMILES string of the molecule is Cc1cc(-c2csc(N)n2)c2c(Cl)cc(Cl)cc2n1. The van der Waals surface area contributed by atoms with Crippen LogP contribution in [0, 0.1) is 6.92 Å². The summed E-state index contributed by atoms with van der Waals surface area (Å²) in [6.45, 7) is 1.92. The third-order valence-electron chi connectivity index (χ3n) is 2.75. The summed E-state index contributed by atoms with van der Waals surface area (Å²) in [7, 11) is 0. The average molecular weight is 310 g/mol. The largest absolute Gasteiger partial charge is 0.375 e. The van der Waals surface area contributed by atoms with E-state index in [4.69, 9.17) is 28.9 Å². The quantitative estimate of drug-likeness (QED) is 0.717. The zero-order valence-electron chi connectivity index (χ0n) is 9.95. The van der Waals surface area contributed by atoms with E-state index in [2.05, 4.69) is 9.97 Å². The molecule has 0 saturated carbocycles. The Morgan fingerprint density at radius 1 is 1.16 bits per heavy atom. The standard InChI is InChI=1S/C13H9Cl2N3S/c1-6-2-8(11-5-19-13(16)18-11)12-9(15)3-7(14)4-10(12)17-6/h2-5H,1H3,(H2,16,18). The first-order chi connectivity index (χ1) is 9.04. The maximum atomic E-state index is 6.30. The molecule has 96 valence electrons. The van der Waals surface area contributed by atoms with E-state index >= 15 is 0 Å². The molecule has 3 rings (SSSR count). The van der Waals surface area contributed by atoms with Gasteiger partial charge in [0.05, 0.1) is 16.2 Å². The van der Waals surface area contributed by atoms with E-state index in [0.717, 1.165) is 27.9 Å². The highest BCUT2D eigenvalue weighted by atomic mass is 35.5. The van der Waals surface area contributed by atoms with Crippen LogP contribution in [0.4, 0.5) is 5.13 Å². The van der Waals surface area contributed by atoms with Crippen molar-refractivity contribution in [1.82, 2.24) is 9.97 Å². The molecule has 2 aromatic heterocycles. The van der Waals surface area contributed by atoms with Crippen molar-refractivity contribution in [2.24, 2.45) is 0 Å². The monoisotopic (exact) mass is 309 g/mol. The van der Waals surface area contributed by atoms with Gasteiger partial charge in [0.2, 0.25) is 0 Å². The minimum Gasteiger partial charge on any atom is -0.375 e. The molecule has 6 heteroatoms. The number of halogens is 2. The van der Waals surface area contributed by atoms with Crippen LogP contribution in [0.3, 0.4) is 0 Å². The predicted octanol–water partition coefficient (Wildman–Crippen LogP) is 4.56. The van der Waals surface area contributed by atoms with Crippen LogP contribution in [-0.2, 0) is 0 Å². The zero-order valence-corrected chi connectivity index (χ0v) is 12.3. The average Bonchev–Trinajstić information content (AvgIpc) is 2.73. The second-order valence-electron chi connectivity index (χ2n) is 4.16. The van der Waals surface area contributed by atoms with Gasteiger partial charge in [-0.25, -0.2) is 4.98 Å². The summed E-state index contributed by atoms with van der Waals surface area (Å²) in [5.41, 5.74) is 9.08. The predicted molar refractivity (Wildman–Crippen MR) is 82.0 cm³/mol. The van der Waals surface area contributed by atoms with Gasteiger partial charge in [-0.1, -0.05) is 23.2 Å². The summed E-state index contributed by atoms with van der Waals surface area (Å²) in [6, 6.07) is 5.47. The number of thiazole rings is 1. The smallest absolute Gasteiger partial charge is 0.180 e. The Bertz CT molecular complexity index is 778. The van der Waals surface area contributed by atoms with Crippen LogP contribution >= 0.6 is 34.5 Å². The molecule has 0 radical (unpaired) electrons. The van der Waals surface area contributed by atoms with Gasteiger partial charge in [-0.15, -0.1) is 11.3 Å². The summed E-state index contributed by atoms with van der Waals surface area (Å²) >= 11 is 13.7. The summed E-state index contributed by atoms with van der Waals surface area (Å²) < 4.78 is 0. The number of nitrogens with zero attached hydrogens (tertiary/aromatic N) is 2. The van der Waals surface area contributed by atoms with E-state index in [9.17, 15) is 0 Å². The second-order valence-corrected chi connectivity index (χ2v) is 5.90. The van der Waals surface area contributed by atoms with Crippen molar-refractivity contribution in [3.63, 3.8) is 0 Å². The number of benzene rings is 1. The Balaban J connectivity index is 2.41. The van der Waals surface area contributed by atoms with E-state index in [1.165, 1.54) is 11.3 Å². The normalized spacial score (nSPS) is 11.1. The molecule has 0 atom stereocenters. The number of fused-ring (bicyclic) bond motifs is 1. The molecule has 0 spiro atoms. The molecule has 0 unspecified atom stereocenters. The lowest BCUT2D eigenvalue weighted by Gasteiger charge is -2.08. The Kier molecular flexibility index (Phi) is 3.09. The number of anilines is 1. The van der Waals surface area contributed by atoms with Crippen LogP contribution in [0.2, 0.25) is 10.0 Å². The molecule has 0 amide bonds. The van der Waals surface area contributed by atoms with Crippen molar-refractivity contribution in [1.29, 1.82) is 0 Å². The van der Waals surface area contributed by atoms with E-state index in [1.807, 2.05) is 18.4 Å². The lowest BCUT2D eigenvalue weighted by atomic mass is 10.1. The van der Waals surface area contributed by atoms with Gasteiger partial charge >= 0.3 is 0 Å². The summed E-state index contributed by atoms with van der Waals surface area (Å²) in [5.74, 6) is 0. The molecule has 1 aromatic carbocycles. The molecule has 0 aliphatic rings. The summed E-state index contributed by atoms with van der Waals surface area (Å²) in [6.07, 6.45) is 0. The van der Waals surface area contributed by atoms with E-state index in [0.29, 0.717) is 15.2 Å². The lowest BCUT2D eigenvalue weighted by Crippen LogP contribution is -1.90. The third kappa shape index (κ3) is 2.27. The van der Waals surface area contributed by atoms with Gasteiger partial charge in [0.1, 0.15) is 0 Å².